The van der Waals surface area contributed by atoms with Gasteiger partial charge in [-0.1, -0.05) is 62.7 Å². The van der Waals surface area contributed by atoms with Crippen molar-refractivity contribution in [1.82, 2.24) is 4.90 Å². The monoisotopic (exact) mass is 468 g/mol. The molecule has 2 fully saturated rings. The standard InChI is InChI=1S/C26H29ClN2O4/c1-25(2)18-12-13-26(25,3)24(32)29(23(18)31)20(14-16-8-6-5-7-9-16)22(30)28-17-10-11-21(33-4)19(27)15-17/h5-11,15,18,20H,12-14H2,1-4H3,(H,28,30). The van der Waals surface area contributed by atoms with E-state index in [2.05, 4.69) is 5.32 Å². The topological polar surface area (TPSA) is 75.7 Å². The van der Waals surface area contributed by atoms with E-state index in [0.717, 1.165) is 5.56 Å². The molecule has 3 atom stereocenters. The van der Waals surface area contributed by atoms with Gasteiger partial charge in [-0.25, -0.2) is 0 Å². The van der Waals surface area contributed by atoms with Gasteiger partial charge in [0, 0.05) is 18.0 Å². The van der Waals surface area contributed by atoms with Crippen LogP contribution in [0.4, 0.5) is 5.69 Å². The first-order valence-electron chi connectivity index (χ1n) is 11.2. The molecule has 7 heteroatoms. The van der Waals surface area contributed by atoms with Crippen molar-refractivity contribution in [3.8, 4) is 5.75 Å². The largest absolute Gasteiger partial charge is 0.495 e. The Labute approximate surface area is 199 Å². The Morgan fingerprint density at radius 1 is 1.18 bits per heavy atom. The molecule has 3 amide bonds. The van der Waals surface area contributed by atoms with Crippen molar-refractivity contribution in [2.75, 3.05) is 12.4 Å². The van der Waals surface area contributed by atoms with Crippen LogP contribution in [0.15, 0.2) is 48.5 Å². The molecule has 1 aliphatic heterocycles. The van der Waals surface area contributed by atoms with Gasteiger partial charge in [0.15, 0.2) is 0 Å². The summed E-state index contributed by atoms with van der Waals surface area (Å²) < 4.78 is 5.17. The number of nitrogens with zero attached hydrogens (tertiary/aromatic N) is 1. The zero-order valence-electron chi connectivity index (χ0n) is 19.4. The third-order valence-corrected chi connectivity index (χ3v) is 8.05. The van der Waals surface area contributed by atoms with Gasteiger partial charge < -0.3 is 10.1 Å². The van der Waals surface area contributed by atoms with Gasteiger partial charge in [-0.2, -0.15) is 0 Å². The van der Waals surface area contributed by atoms with Gasteiger partial charge in [0.25, 0.3) is 0 Å². The molecule has 1 saturated carbocycles. The first-order chi connectivity index (χ1) is 15.6. The van der Waals surface area contributed by atoms with Gasteiger partial charge >= 0.3 is 0 Å². The summed E-state index contributed by atoms with van der Waals surface area (Å²) in [4.78, 5) is 42.1. The Balaban J connectivity index is 1.70. The molecular formula is C26H29ClN2O4. The summed E-state index contributed by atoms with van der Waals surface area (Å²) in [7, 11) is 1.51. The number of rotatable bonds is 6. The Morgan fingerprint density at radius 2 is 1.88 bits per heavy atom. The zero-order valence-corrected chi connectivity index (χ0v) is 20.1. The minimum Gasteiger partial charge on any atom is -0.495 e. The maximum absolute atomic E-state index is 13.7. The summed E-state index contributed by atoms with van der Waals surface area (Å²) in [6.07, 6.45) is 1.52. The van der Waals surface area contributed by atoms with Crippen molar-refractivity contribution in [3.63, 3.8) is 0 Å². The van der Waals surface area contributed by atoms with Gasteiger partial charge in [0.05, 0.1) is 17.5 Å². The number of nitrogens with one attached hydrogen (secondary N) is 1. The number of carbonyl (C=O) groups excluding carboxylic acids is 3. The van der Waals surface area contributed by atoms with Crippen LogP contribution in [0.25, 0.3) is 0 Å². The number of hydrogen-bond acceptors (Lipinski definition) is 4. The number of imide groups is 1. The van der Waals surface area contributed by atoms with Gasteiger partial charge in [0.1, 0.15) is 11.8 Å². The van der Waals surface area contributed by atoms with E-state index in [-0.39, 0.29) is 24.2 Å². The van der Waals surface area contributed by atoms with E-state index in [1.807, 2.05) is 51.1 Å². The maximum Gasteiger partial charge on any atom is 0.248 e. The number of amides is 3. The highest BCUT2D eigenvalue weighted by Gasteiger charge is 2.65. The number of fused-ring (bicyclic) bond motifs is 2. The highest BCUT2D eigenvalue weighted by molar-refractivity contribution is 6.32. The van der Waals surface area contributed by atoms with Crippen LogP contribution in [0.2, 0.25) is 5.02 Å². The molecule has 2 bridgehead atoms. The van der Waals surface area contributed by atoms with E-state index in [9.17, 15) is 14.4 Å². The fourth-order valence-corrected chi connectivity index (χ4v) is 5.51. The molecule has 1 N–H and O–H groups in total. The van der Waals surface area contributed by atoms with E-state index >= 15 is 0 Å². The minimum atomic E-state index is -0.968. The number of piperidine rings is 1. The minimum absolute atomic E-state index is 0.233. The SMILES string of the molecule is COc1ccc(NC(=O)C(Cc2ccccc2)N2C(=O)C3CCC(C)(C2=O)C3(C)C)cc1Cl. The number of hydrogen-bond donors (Lipinski definition) is 1. The molecule has 3 unspecified atom stereocenters. The maximum atomic E-state index is 13.7. The third-order valence-electron chi connectivity index (χ3n) is 7.76. The average molecular weight is 469 g/mol. The van der Waals surface area contributed by atoms with Crippen molar-refractivity contribution in [3.05, 3.63) is 59.1 Å². The van der Waals surface area contributed by atoms with Crippen molar-refractivity contribution in [2.45, 2.75) is 46.1 Å². The van der Waals surface area contributed by atoms with Crippen LogP contribution in [0.1, 0.15) is 39.2 Å². The summed E-state index contributed by atoms with van der Waals surface area (Å²) in [5.74, 6) is -0.756. The number of halogens is 1. The van der Waals surface area contributed by atoms with Crippen molar-refractivity contribution < 1.29 is 19.1 Å². The van der Waals surface area contributed by atoms with Gasteiger partial charge in [-0.05, 0) is 42.0 Å². The lowest BCUT2D eigenvalue weighted by Gasteiger charge is -2.49. The molecule has 174 valence electrons. The highest BCUT2D eigenvalue weighted by atomic mass is 35.5. The van der Waals surface area contributed by atoms with Crippen LogP contribution in [-0.2, 0) is 20.8 Å². The smallest absolute Gasteiger partial charge is 0.248 e. The predicted molar refractivity (Wildman–Crippen MR) is 127 cm³/mol. The summed E-state index contributed by atoms with van der Waals surface area (Å²) >= 11 is 6.22. The summed E-state index contributed by atoms with van der Waals surface area (Å²) in [5.41, 5.74) is 0.197. The van der Waals surface area contributed by atoms with Gasteiger partial charge in [-0.15, -0.1) is 0 Å². The van der Waals surface area contributed by atoms with E-state index in [0.29, 0.717) is 29.3 Å². The Hall–Kier alpha value is -2.86. The number of anilines is 1. The normalized spacial score (nSPS) is 24.5. The van der Waals surface area contributed by atoms with Crippen molar-refractivity contribution in [2.24, 2.45) is 16.7 Å². The summed E-state index contributed by atoms with van der Waals surface area (Å²) in [6, 6.07) is 13.4. The molecule has 0 aromatic heterocycles. The highest BCUT2D eigenvalue weighted by Crippen LogP contribution is 2.60. The number of likely N-dealkylation sites (tertiary alicyclic amines) is 1. The fraction of sp³-hybridized carbons (Fsp3) is 0.423. The number of carbonyl (C=O) groups is 3. The van der Waals surface area contributed by atoms with Crippen molar-refractivity contribution in [1.29, 1.82) is 0 Å². The Bertz CT molecular complexity index is 1100. The number of methoxy groups -OCH3 is 1. The second-order valence-electron chi connectivity index (χ2n) is 9.70. The first kappa shape index (κ1) is 23.3. The Morgan fingerprint density at radius 3 is 2.52 bits per heavy atom. The van der Waals surface area contributed by atoms with Crippen molar-refractivity contribution >= 4 is 35.0 Å². The number of benzene rings is 2. The lowest BCUT2D eigenvalue weighted by molar-refractivity contribution is -0.172. The molecule has 1 aliphatic carbocycles. The van der Waals surface area contributed by atoms with Crippen LogP contribution in [0.5, 0.6) is 5.75 Å². The predicted octanol–water partition coefficient (Wildman–Crippen LogP) is 4.71. The van der Waals surface area contributed by atoms with Crippen LogP contribution in [-0.4, -0.2) is 35.8 Å². The number of ether oxygens (including phenoxy) is 1. The molecule has 2 aromatic rings. The average Bonchev–Trinajstić information content (AvgIpc) is 2.97. The lowest BCUT2D eigenvalue weighted by Crippen LogP contribution is -2.64. The second kappa shape index (κ2) is 8.49. The van der Waals surface area contributed by atoms with Crippen LogP contribution >= 0.6 is 11.6 Å². The molecule has 33 heavy (non-hydrogen) atoms. The van der Waals surface area contributed by atoms with Crippen LogP contribution < -0.4 is 10.1 Å². The molecule has 6 nitrogen and oxygen atoms in total. The van der Waals surface area contributed by atoms with E-state index in [1.54, 1.807) is 18.2 Å². The molecule has 2 aromatic carbocycles. The quantitative estimate of drug-likeness (QED) is 0.623. The van der Waals surface area contributed by atoms with E-state index in [4.69, 9.17) is 16.3 Å². The van der Waals surface area contributed by atoms with Crippen LogP contribution in [0, 0.1) is 16.7 Å². The lowest BCUT2D eigenvalue weighted by atomic mass is 9.62. The zero-order chi connectivity index (χ0) is 24.0. The van der Waals surface area contributed by atoms with Gasteiger partial charge in [-0.3, -0.25) is 19.3 Å². The van der Waals surface area contributed by atoms with Gasteiger partial charge in [0.2, 0.25) is 17.7 Å². The fourth-order valence-electron chi connectivity index (χ4n) is 5.25. The molecule has 0 radical (unpaired) electrons. The summed E-state index contributed by atoms with van der Waals surface area (Å²) in [5, 5.41) is 3.21. The molecule has 1 saturated heterocycles. The van der Waals surface area contributed by atoms with E-state index in [1.165, 1.54) is 12.0 Å². The molecule has 4 rings (SSSR count). The molecular weight excluding hydrogens is 440 g/mol. The molecule has 2 aliphatic rings. The molecule has 1 heterocycles. The third kappa shape index (κ3) is 3.80. The molecule has 0 spiro atoms. The summed E-state index contributed by atoms with van der Waals surface area (Å²) in [6.45, 7) is 5.91. The van der Waals surface area contributed by atoms with Crippen LogP contribution in [0.3, 0.4) is 0 Å². The first-order valence-corrected chi connectivity index (χ1v) is 11.5. The second-order valence-corrected chi connectivity index (χ2v) is 10.1. The van der Waals surface area contributed by atoms with E-state index < -0.39 is 22.8 Å². The Kier molecular flexibility index (Phi) is 5.99.